The number of primary amides is 1. The van der Waals surface area contributed by atoms with Gasteiger partial charge in [0, 0.05) is 0 Å². The number of para-hydroxylation sites is 2. The van der Waals surface area contributed by atoms with E-state index >= 15 is 0 Å². The highest BCUT2D eigenvalue weighted by molar-refractivity contribution is 7.13. The van der Waals surface area contributed by atoms with Crippen LogP contribution in [0.3, 0.4) is 0 Å². The number of rotatable bonds is 4. The molecule has 1 amide bonds. The number of hydrogen-bond donors (Lipinski definition) is 2. The summed E-state index contributed by atoms with van der Waals surface area (Å²) >= 11 is 1.42. The molecule has 3 aromatic heterocycles. The fourth-order valence-corrected chi connectivity index (χ4v) is 3.37. The van der Waals surface area contributed by atoms with Gasteiger partial charge in [-0.05, 0) is 23.6 Å². The second kappa shape index (κ2) is 6.12. The molecule has 0 aliphatic heterocycles. The van der Waals surface area contributed by atoms with E-state index in [1.165, 1.54) is 23.0 Å². The summed E-state index contributed by atoms with van der Waals surface area (Å²) in [5, 5.41) is 1.87. The van der Waals surface area contributed by atoms with Crippen LogP contribution in [0.2, 0.25) is 0 Å². The van der Waals surface area contributed by atoms with E-state index in [1.54, 1.807) is 24.3 Å². The van der Waals surface area contributed by atoms with Crippen LogP contribution >= 0.6 is 11.3 Å². The first-order chi connectivity index (χ1) is 12.6. The summed E-state index contributed by atoms with van der Waals surface area (Å²) < 4.78 is 6.69. The van der Waals surface area contributed by atoms with E-state index in [9.17, 15) is 9.59 Å². The normalized spacial score (nSPS) is 11.0. The Morgan fingerprint density at radius 3 is 2.73 bits per heavy atom. The number of carbonyl (C=O) groups excluding carboxylic acids is 1. The Morgan fingerprint density at radius 2 is 2.04 bits per heavy atom. The van der Waals surface area contributed by atoms with Crippen molar-refractivity contribution in [1.82, 2.24) is 19.5 Å². The first kappa shape index (κ1) is 16.0. The molecule has 1 aromatic carbocycles. The van der Waals surface area contributed by atoms with Crippen molar-refractivity contribution in [1.29, 1.82) is 0 Å². The van der Waals surface area contributed by atoms with Crippen molar-refractivity contribution in [3.05, 3.63) is 58.0 Å². The van der Waals surface area contributed by atoms with Crippen LogP contribution in [0.4, 0.5) is 0 Å². The van der Waals surface area contributed by atoms with Crippen molar-refractivity contribution < 1.29 is 9.53 Å². The Kier molecular flexibility index (Phi) is 3.77. The number of H-pyrrole nitrogens is 1. The molecule has 0 aliphatic carbocycles. The number of carbonyl (C=O) groups is 1. The lowest BCUT2D eigenvalue weighted by Gasteiger charge is -2.09. The second-order valence-corrected chi connectivity index (χ2v) is 6.32. The van der Waals surface area contributed by atoms with E-state index in [2.05, 4.69) is 15.0 Å². The number of ether oxygens (including phenoxy) is 1. The second-order valence-electron chi connectivity index (χ2n) is 5.37. The molecule has 3 heterocycles. The van der Waals surface area contributed by atoms with Crippen LogP contribution in [0.25, 0.3) is 27.6 Å². The molecule has 0 radical (unpaired) electrons. The summed E-state index contributed by atoms with van der Waals surface area (Å²) in [5.41, 5.74) is 5.91. The lowest BCUT2D eigenvalue weighted by molar-refractivity contribution is 0.0997. The number of hydrogen-bond acceptors (Lipinski definition) is 6. The zero-order chi connectivity index (χ0) is 18.3. The predicted molar refractivity (Wildman–Crippen MR) is 97.9 cm³/mol. The summed E-state index contributed by atoms with van der Waals surface area (Å²) in [6, 6.07) is 10.7. The molecule has 0 bridgehead atoms. The number of imidazole rings is 1. The number of nitrogens with two attached hydrogens (primary N) is 1. The van der Waals surface area contributed by atoms with Crippen molar-refractivity contribution in [2.45, 2.75) is 0 Å². The molecule has 0 aliphatic rings. The smallest absolute Gasteiger partial charge is 0.332 e. The Hall–Kier alpha value is -3.46. The van der Waals surface area contributed by atoms with Crippen molar-refractivity contribution in [3.8, 4) is 22.1 Å². The number of amides is 1. The molecule has 130 valence electrons. The first-order valence-electron chi connectivity index (χ1n) is 7.60. The molecule has 0 fully saturated rings. The van der Waals surface area contributed by atoms with Crippen LogP contribution in [-0.2, 0) is 0 Å². The zero-order valence-electron chi connectivity index (χ0n) is 13.6. The molecule has 26 heavy (non-hydrogen) atoms. The fourth-order valence-electron chi connectivity index (χ4n) is 2.72. The molecular formula is C17H13N5O3S. The highest BCUT2D eigenvalue weighted by Crippen LogP contribution is 2.27. The molecule has 3 N–H and O–H groups in total. The third-order valence-corrected chi connectivity index (χ3v) is 4.70. The van der Waals surface area contributed by atoms with Gasteiger partial charge in [0.05, 0.1) is 17.7 Å². The van der Waals surface area contributed by atoms with E-state index in [-0.39, 0.29) is 16.9 Å². The standard InChI is InChI=1S/C17H13N5O3S/c1-25-10-6-3-2-5-9(10)22-16-13(20-17(22)24)12(14(18)23)19-15(21-16)11-7-4-8-26-11/h2-8H,1H3,(H2,18,23)(H,20,24). The molecule has 8 nitrogen and oxygen atoms in total. The largest absolute Gasteiger partial charge is 0.495 e. The van der Waals surface area contributed by atoms with Gasteiger partial charge in [-0.3, -0.25) is 4.79 Å². The Bertz CT molecular complexity index is 1180. The van der Waals surface area contributed by atoms with Crippen LogP contribution in [-0.4, -0.2) is 32.5 Å². The third-order valence-electron chi connectivity index (χ3n) is 3.84. The Morgan fingerprint density at radius 1 is 1.23 bits per heavy atom. The van der Waals surface area contributed by atoms with Crippen molar-refractivity contribution in [2.24, 2.45) is 5.73 Å². The highest BCUT2D eigenvalue weighted by Gasteiger charge is 2.21. The Labute approximate surface area is 150 Å². The van der Waals surface area contributed by atoms with Crippen LogP contribution in [0.1, 0.15) is 10.5 Å². The molecule has 0 spiro atoms. The van der Waals surface area contributed by atoms with Gasteiger partial charge in [-0.25, -0.2) is 19.3 Å². The van der Waals surface area contributed by atoms with Gasteiger partial charge in [-0.2, -0.15) is 0 Å². The van der Waals surface area contributed by atoms with E-state index in [1.807, 2.05) is 17.5 Å². The topological polar surface area (TPSA) is 116 Å². The van der Waals surface area contributed by atoms with Crippen LogP contribution in [0.15, 0.2) is 46.6 Å². The lowest BCUT2D eigenvalue weighted by Crippen LogP contribution is -2.16. The molecular weight excluding hydrogens is 354 g/mol. The van der Waals surface area contributed by atoms with Gasteiger partial charge in [0.15, 0.2) is 17.2 Å². The van der Waals surface area contributed by atoms with E-state index in [0.717, 1.165) is 4.88 Å². The first-order valence-corrected chi connectivity index (χ1v) is 8.48. The monoisotopic (exact) mass is 367 g/mol. The van der Waals surface area contributed by atoms with Gasteiger partial charge in [-0.1, -0.05) is 18.2 Å². The van der Waals surface area contributed by atoms with Gasteiger partial charge >= 0.3 is 5.69 Å². The number of fused-ring (bicyclic) bond motifs is 1. The van der Waals surface area contributed by atoms with E-state index in [4.69, 9.17) is 10.5 Å². The van der Waals surface area contributed by atoms with Gasteiger partial charge in [0.2, 0.25) is 0 Å². The number of benzene rings is 1. The zero-order valence-corrected chi connectivity index (χ0v) is 14.4. The average Bonchev–Trinajstić information content (AvgIpc) is 3.27. The maximum absolute atomic E-state index is 12.6. The molecule has 4 aromatic rings. The number of nitrogens with zero attached hydrogens (tertiary/aromatic N) is 3. The van der Waals surface area contributed by atoms with Crippen LogP contribution < -0.4 is 16.2 Å². The minimum Gasteiger partial charge on any atom is -0.495 e. The maximum atomic E-state index is 12.6. The van der Waals surface area contributed by atoms with Crippen molar-refractivity contribution >= 4 is 28.4 Å². The van der Waals surface area contributed by atoms with Crippen molar-refractivity contribution in [2.75, 3.05) is 7.11 Å². The predicted octanol–water partition coefficient (Wildman–Crippen LogP) is 1.94. The number of methoxy groups -OCH3 is 1. The summed E-state index contributed by atoms with van der Waals surface area (Å²) in [5.74, 6) is 0.0694. The quantitative estimate of drug-likeness (QED) is 0.572. The van der Waals surface area contributed by atoms with E-state index < -0.39 is 11.6 Å². The average molecular weight is 367 g/mol. The third kappa shape index (κ3) is 2.45. The molecule has 4 rings (SSSR count). The minimum atomic E-state index is -0.747. The summed E-state index contributed by atoms with van der Waals surface area (Å²) in [6.45, 7) is 0. The molecule has 0 unspecified atom stereocenters. The van der Waals surface area contributed by atoms with Crippen molar-refractivity contribution in [3.63, 3.8) is 0 Å². The highest BCUT2D eigenvalue weighted by atomic mass is 32.1. The number of aromatic nitrogens is 4. The maximum Gasteiger partial charge on any atom is 0.332 e. The molecule has 9 heteroatoms. The van der Waals surface area contributed by atoms with Gasteiger partial charge < -0.3 is 15.5 Å². The summed E-state index contributed by atoms with van der Waals surface area (Å²) in [6.07, 6.45) is 0. The Balaban J connectivity index is 2.10. The number of aromatic amines is 1. The summed E-state index contributed by atoms with van der Waals surface area (Å²) in [4.78, 5) is 36.6. The van der Waals surface area contributed by atoms with Gasteiger partial charge in [0.25, 0.3) is 5.91 Å². The lowest BCUT2D eigenvalue weighted by atomic mass is 10.2. The summed E-state index contributed by atoms with van der Waals surface area (Å²) in [7, 11) is 1.51. The van der Waals surface area contributed by atoms with Gasteiger partial charge in [0.1, 0.15) is 11.3 Å². The van der Waals surface area contributed by atoms with Crippen LogP contribution in [0.5, 0.6) is 5.75 Å². The fraction of sp³-hybridized carbons (Fsp3) is 0.0588. The molecule has 0 saturated heterocycles. The molecule has 0 atom stereocenters. The molecule has 0 saturated carbocycles. The number of thiophene rings is 1. The number of nitrogens with one attached hydrogen (secondary N) is 1. The van der Waals surface area contributed by atoms with E-state index in [0.29, 0.717) is 17.3 Å². The minimum absolute atomic E-state index is 0.0378. The SMILES string of the molecule is COc1ccccc1-n1c(=O)[nH]c2c(C(N)=O)nc(-c3cccs3)nc21. The van der Waals surface area contributed by atoms with Gasteiger partial charge in [-0.15, -0.1) is 11.3 Å². The van der Waals surface area contributed by atoms with Crippen LogP contribution in [0, 0.1) is 0 Å².